The maximum Gasteiger partial charge on any atom is 0.162 e. The Hall–Kier alpha value is -0.830. The standard InChI is InChI=1S/C7H9NO2/c9-4-6-3-7(8-10-6)5-1-2-5/h3,5,9H,1-2,4H2. The van der Waals surface area contributed by atoms with Crippen molar-refractivity contribution in [1.29, 1.82) is 0 Å². The van der Waals surface area contributed by atoms with E-state index in [1.165, 1.54) is 12.8 Å². The van der Waals surface area contributed by atoms with E-state index in [2.05, 4.69) is 5.16 Å². The van der Waals surface area contributed by atoms with Crippen molar-refractivity contribution in [2.24, 2.45) is 0 Å². The normalized spacial score (nSPS) is 17.7. The predicted molar refractivity (Wildman–Crippen MR) is 34.4 cm³/mol. The highest BCUT2D eigenvalue weighted by Gasteiger charge is 2.26. The van der Waals surface area contributed by atoms with Gasteiger partial charge in [0.1, 0.15) is 6.61 Å². The molecule has 1 saturated carbocycles. The second-order valence-corrected chi connectivity index (χ2v) is 2.65. The molecule has 3 heteroatoms. The van der Waals surface area contributed by atoms with Crippen LogP contribution in [0.2, 0.25) is 0 Å². The molecule has 3 nitrogen and oxygen atoms in total. The van der Waals surface area contributed by atoms with Crippen LogP contribution in [0.3, 0.4) is 0 Å². The lowest BCUT2D eigenvalue weighted by Crippen LogP contribution is -1.75. The fourth-order valence-corrected chi connectivity index (χ4v) is 0.975. The molecule has 10 heavy (non-hydrogen) atoms. The molecule has 0 aromatic carbocycles. The third kappa shape index (κ3) is 0.926. The Balaban J connectivity index is 2.19. The highest BCUT2D eigenvalue weighted by atomic mass is 16.5. The van der Waals surface area contributed by atoms with Gasteiger partial charge in [-0.25, -0.2) is 0 Å². The highest BCUT2D eigenvalue weighted by molar-refractivity contribution is 5.14. The molecule has 2 rings (SSSR count). The van der Waals surface area contributed by atoms with Gasteiger partial charge >= 0.3 is 0 Å². The van der Waals surface area contributed by atoms with E-state index in [0.29, 0.717) is 11.7 Å². The Morgan fingerprint density at radius 2 is 2.50 bits per heavy atom. The second kappa shape index (κ2) is 2.09. The average molecular weight is 139 g/mol. The Morgan fingerprint density at radius 1 is 1.70 bits per heavy atom. The number of hydrogen-bond donors (Lipinski definition) is 1. The topological polar surface area (TPSA) is 46.3 Å². The largest absolute Gasteiger partial charge is 0.388 e. The van der Waals surface area contributed by atoms with Crippen LogP contribution < -0.4 is 0 Å². The van der Waals surface area contributed by atoms with Gasteiger partial charge in [-0.3, -0.25) is 0 Å². The minimum absolute atomic E-state index is 0.0419. The van der Waals surface area contributed by atoms with Crippen LogP contribution in [-0.2, 0) is 6.61 Å². The molecule has 0 bridgehead atoms. The van der Waals surface area contributed by atoms with Gasteiger partial charge < -0.3 is 9.63 Å². The van der Waals surface area contributed by atoms with Crippen molar-refractivity contribution in [2.45, 2.75) is 25.4 Å². The van der Waals surface area contributed by atoms with Crippen LogP contribution in [-0.4, -0.2) is 10.3 Å². The number of aliphatic hydroxyl groups is 1. The molecule has 0 atom stereocenters. The van der Waals surface area contributed by atoms with Crippen LogP contribution in [0.5, 0.6) is 0 Å². The first kappa shape index (κ1) is 5.92. The van der Waals surface area contributed by atoms with Crippen LogP contribution in [0.15, 0.2) is 10.6 Å². The van der Waals surface area contributed by atoms with Crippen LogP contribution in [0.25, 0.3) is 0 Å². The van der Waals surface area contributed by atoms with Gasteiger partial charge in [-0.15, -0.1) is 0 Å². The lowest BCUT2D eigenvalue weighted by molar-refractivity contribution is 0.228. The molecule has 1 fully saturated rings. The van der Waals surface area contributed by atoms with Crippen molar-refractivity contribution in [2.75, 3.05) is 0 Å². The molecule has 0 amide bonds. The maximum absolute atomic E-state index is 8.62. The van der Waals surface area contributed by atoms with Gasteiger partial charge in [0.2, 0.25) is 0 Å². The minimum atomic E-state index is -0.0419. The molecule has 0 saturated heterocycles. The summed E-state index contributed by atoms with van der Waals surface area (Å²) in [4.78, 5) is 0. The van der Waals surface area contributed by atoms with Crippen molar-refractivity contribution in [3.63, 3.8) is 0 Å². The van der Waals surface area contributed by atoms with Gasteiger partial charge in [-0.2, -0.15) is 0 Å². The van der Waals surface area contributed by atoms with E-state index in [9.17, 15) is 0 Å². The summed E-state index contributed by atoms with van der Waals surface area (Å²) in [5.74, 6) is 1.19. The third-order valence-electron chi connectivity index (χ3n) is 1.73. The number of hydrogen-bond acceptors (Lipinski definition) is 3. The van der Waals surface area contributed by atoms with Crippen molar-refractivity contribution >= 4 is 0 Å². The molecule has 1 aliphatic carbocycles. The summed E-state index contributed by atoms with van der Waals surface area (Å²) in [6, 6.07) is 1.83. The van der Waals surface area contributed by atoms with Crippen LogP contribution in [0, 0.1) is 0 Å². The zero-order valence-electron chi connectivity index (χ0n) is 5.58. The van der Waals surface area contributed by atoms with E-state index in [4.69, 9.17) is 9.63 Å². The summed E-state index contributed by atoms with van der Waals surface area (Å²) >= 11 is 0. The maximum atomic E-state index is 8.62. The van der Waals surface area contributed by atoms with Gasteiger partial charge in [-0.1, -0.05) is 5.16 Å². The fourth-order valence-electron chi connectivity index (χ4n) is 0.975. The Morgan fingerprint density at radius 3 is 3.00 bits per heavy atom. The number of nitrogens with zero attached hydrogens (tertiary/aromatic N) is 1. The highest BCUT2D eigenvalue weighted by Crippen LogP contribution is 2.39. The van der Waals surface area contributed by atoms with Gasteiger partial charge in [0, 0.05) is 12.0 Å². The van der Waals surface area contributed by atoms with Gasteiger partial charge in [-0.05, 0) is 12.8 Å². The molecule has 0 radical (unpaired) electrons. The number of aliphatic hydroxyl groups excluding tert-OH is 1. The Kier molecular flexibility index (Phi) is 1.24. The second-order valence-electron chi connectivity index (χ2n) is 2.65. The van der Waals surface area contributed by atoms with E-state index in [-0.39, 0.29) is 6.61 Å². The van der Waals surface area contributed by atoms with Gasteiger partial charge in [0.25, 0.3) is 0 Å². The monoisotopic (exact) mass is 139 g/mol. The first-order chi connectivity index (χ1) is 4.90. The molecule has 1 aliphatic rings. The molecular weight excluding hydrogens is 130 g/mol. The summed E-state index contributed by atoms with van der Waals surface area (Å²) in [5, 5.41) is 12.4. The van der Waals surface area contributed by atoms with Crippen LogP contribution in [0.1, 0.15) is 30.2 Å². The SMILES string of the molecule is OCc1cc(C2CC2)no1. The summed E-state index contributed by atoms with van der Waals surface area (Å²) in [7, 11) is 0. The van der Waals surface area contributed by atoms with E-state index in [0.717, 1.165) is 5.69 Å². The fraction of sp³-hybridized carbons (Fsp3) is 0.571. The third-order valence-corrected chi connectivity index (χ3v) is 1.73. The van der Waals surface area contributed by atoms with Crippen molar-refractivity contribution in [3.05, 3.63) is 17.5 Å². The molecule has 0 unspecified atom stereocenters. The average Bonchev–Trinajstić information content (AvgIpc) is 2.70. The number of aromatic nitrogens is 1. The molecule has 1 N–H and O–H groups in total. The zero-order chi connectivity index (χ0) is 6.97. The smallest absolute Gasteiger partial charge is 0.162 e. The lowest BCUT2D eigenvalue weighted by atomic mass is 10.3. The zero-order valence-corrected chi connectivity index (χ0v) is 5.58. The van der Waals surface area contributed by atoms with Crippen molar-refractivity contribution in [1.82, 2.24) is 5.16 Å². The Bertz CT molecular complexity index is 227. The molecule has 0 aliphatic heterocycles. The molecule has 54 valence electrons. The lowest BCUT2D eigenvalue weighted by Gasteiger charge is -1.79. The molecular formula is C7H9NO2. The van der Waals surface area contributed by atoms with E-state index in [1.54, 1.807) is 0 Å². The van der Waals surface area contributed by atoms with Crippen LogP contribution >= 0.6 is 0 Å². The first-order valence-corrected chi connectivity index (χ1v) is 3.46. The molecule has 1 aromatic heterocycles. The quantitative estimate of drug-likeness (QED) is 0.666. The minimum Gasteiger partial charge on any atom is -0.388 e. The summed E-state index contributed by atoms with van der Waals surface area (Å²) in [6.07, 6.45) is 2.44. The summed E-state index contributed by atoms with van der Waals surface area (Å²) < 4.78 is 4.82. The first-order valence-electron chi connectivity index (χ1n) is 3.46. The summed E-state index contributed by atoms with van der Waals surface area (Å²) in [5.41, 5.74) is 1.00. The molecule has 1 heterocycles. The molecule has 1 aromatic rings. The van der Waals surface area contributed by atoms with E-state index < -0.39 is 0 Å². The van der Waals surface area contributed by atoms with Crippen molar-refractivity contribution < 1.29 is 9.63 Å². The van der Waals surface area contributed by atoms with Crippen molar-refractivity contribution in [3.8, 4) is 0 Å². The van der Waals surface area contributed by atoms with E-state index in [1.807, 2.05) is 6.07 Å². The summed E-state index contributed by atoms with van der Waals surface area (Å²) in [6.45, 7) is -0.0419. The molecule has 0 spiro atoms. The van der Waals surface area contributed by atoms with Gasteiger partial charge in [0.15, 0.2) is 5.76 Å². The van der Waals surface area contributed by atoms with Crippen LogP contribution in [0.4, 0.5) is 0 Å². The van der Waals surface area contributed by atoms with E-state index >= 15 is 0 Å². The van der Waals surface area contributed by atoms with Gasteiger partial charge in [0.05, 0.1) is 5.69 Å². The number of rotatable bonds is 2. The Labute approximate surface area is 58.6 Å². The predicted octanol–water partition coefficient (Wildman–Crippen LogP) is 1.04.